The van der Waals surface area contributed by atoms with E-state index in [-0.39, 0.29) is 34.2 Å². The Morgan fingerprint density at radius 2 is 1.66 bits per heavy atom. The Hall–Kier alpha value is -1.74. The van der Waals surface area contributed by atoms with E-state index in [1.54, 1.807) is 18.2 Å². The topological polar surface area (TPSA) is 91.7 Å². The standard InChI is InChI=1S/C27H30Br2O5S/c1-13(2)18-11-20(15(5)24(28)26(18)30)23(17-9-7-8-10-22(17)35(32,33)34)21-12-19(14(3)4)27(31)25(29)16(21)6/h7-15,24,31H,1-6H3,(H,32,33,34)/b23-20+/t15-,24+/m0/s1. The zero-order valence-corrected chi connectivity index (χ0v) is 24.5. The minimum absolute atomic E-state index is 0.00476. The van der Waals surface area contributed by atoms with Crippen molar-refractivity contribution in [1.82, 2.24) is 0 Å². The molecule has 0 aliphatic heterocycles. The lowest BCUT2D eigenvalue weighted by atomic mass is 9.76. The van der Waals surface area contributed by atoms with Crippen LogP contribution in [0.15, 0.2) is 56.9 Å². The number of aromatic hydroxyl groups is 1. The van der Waals surface area contributed by atoms with Crippen molar-refractivity contribution in [3.8, 4) is 5.75 Å². The van der Waals surface area contributed by atoms with Crippen LogP contribution in [0.5, 0.6) is 5.75 Å². The zero-order chi connectivity index (χ0) is 26.4. The van der Waals surface area contributed by atoms with Crippen molar-refractivity contribution in [2.75, 3.05) is 0 Å². The van der Waals surface area contributed by atoms with Crippen LogP contribution in [0.25, 0.3) is 5.57 Å². The van der Waals surface area contributed by atoms with Gasteiger partial charge in [0.05, 0.1) is 9.30 Å². The summed E-state index contributed by atoms with van der Waals surface area (Å²) in [6.07, 6.45) is 1.86. The number of alkyl halides is 1. The Kier molecular flexibility index (Phi) is 8.21. The van der Waals surface area contributed by atoms with Crippen LogP contribution in [-0.4, -0.2) is 28.7 Å². The minimum Gasteiger partial charge on any atom is -0.506 e. The van der Waals surface area contributed by atoms with Crippen LogP contribution in [-0.2, 0) is 14.9 Å². The molecule has 35 heavy (non-hydrogen) atoms. The molecule has 2 N–H and O–H groups in total. The van der Waals surface area contributed by atoms with Gasteiger partial charge in [-0.3, -0.25) is 9.35 Å². The number of allylic oxidation sites excluding steroid dienone is 3. The van der Waals surface area contributed by atoms with E-state index in [0.29, 0.717) is 37.9 Å². The predicted octanol–water partition coefficient (Wildman–Crippen LogP) is 7.20. The van der Waals surface area contributed by atoms with E-state index in [1.807, 2.05) is 53.7 Å². The number of hydrogen-bond acceptors (Lipinski definition) is 4. The van der Waals surface area contributed by atoms with Crippen LogP contribution >= 0.6 is 31.9 Å². The minimum atomic E-state index is -4.55. The number of carbonyl (C=O) groups excluding carboxylic acids is 1. The number of carbonyl (C=O) groups is 1. The van der Waals surface area contributed by atoms with Gasteiger partial charge in [-0.05, 0) is 80.2 Å². The highest BCUT2D eigenvalue weighted by molar-refractivity contribution is 9.10. The summed E-state index contributed by atoms with van der Waals surface area (Å²) in [5.41, 5.74) is 4.48. The Labute approximate surface area is 224 Å². The molecule has 1 aliphatic rings. The van der Waals surface area contributed by atoms with E-state index in [1.165, 1.54) is 6.07 Å². The first-order chi connectivity index (χ1) is 16.2. The molecule has 2 aromatic rings. The van der Waals surface area contributed by atoms with E-state index >= 15 is 0 Å². The SMILES string of the molecule is Cc1c(/C(=C2\C=C(C(C)C)C(=O)[C@H](Br)[C@H]2C)c2ccccc2S(=O)(=O)O)cc(C(C)C)c(O)c1Br. The number of hydrogen-bond donors (Lipinski definition) is 2. The van der Waals surface area contributed by atoms with E-state index < -0.39 is 14.9 Å². The van der Waals surface area contributed by atoms with Crippen molar-refractivity contribution < 1.29 is 22.9 Å². The lowest BCUT2D eigenvalue weighted by molar-refractivity contribution is -0.116. The molecular weight excluding hydrogens is 596 g/mol. The summed E-state index contributed by atoms with van der Waals surface area (Å²) < 4.78 is 35.5. The maximum atomic E-state index is 13.0. The number of halogens is 2. The second-order valence-electron chi connectivity index (χ2n) is 9.57. The summed E-state index contributed by atoms with van der Waals surface area (Å²) in [7, 11) is -4.55. The summed E-state index contributed by atoms with van der Waals surface area (Å²) in [5, 5.41) is 10.8. The van der Waals surface area contributed by atoms with Gasteiger partial charge in [-0.2, -0.15) is 8.42 Å². The first-order valence-electron chi connectivity index (χ1n) is 11.4. The van der Waals surface area contributed by atoms with Crippen LogP contribution in [0.3, 0.4) is 0 Å². The van der Waals surface area contributed by atoms with Crippen molar-refractivity contribution >= 4 is 53.3 Å². The molecule has 0 spiro atoms. The molecule has 0 aromatic heterocycles. The molecule has 5 nitrogen and oxygen atoms in total. The molecule has 8 heteroatoms. The number of Topliss-reactive ketones (excluding diaryl/α,β-unsaturated/α-hetero) is 1. The monoisotopic (exact) mass is 624 g/mol. The number of ketones is 1. The van der Waals surface area contributed by atoms with E-state index in [9.17, 15) is 22.9 Å². The largest absolute Gasteiger partial charge is 0.506 e. The van der Waals surface area contributed by atoms with Gasteiger partial charge < -0.3 is 5.11 Å². The van der Waals surface area contributed by atoms with E-state index in [4.69, 9.17) is 0 Å². The van der Waals surface area contributed by atoms with Crippen LogP contribution in [0, 0.1) is 18.8 Å². The molecule has 2 aromatic carbocycles. The van der Waals surface area contributed by atoms with Crippen LogP contribution in [0.4, 0.5) is 0 Å². The second-order valence-corrected chi connectivity index (χ2v) is 12.7. The number of phenols is 1. The third-order valence-corrected chi connectivity index (χ3v) is 9.62. The number of rotatable bonds is 5. The molecule has 2 atom stereocenters. The first kappa shape index (κ1) is 27.8. The smallest absolute Gasteiger partial charge is 0.295 e. The number of phenolic OH excluding ortho intramolecular Hbond substituents is 1. The predicted molar refractivity (Wildman–Crippen MR) is 147 cm³/mol. The lowest BCUT2D eigenvalue weighted by Gasteiger charge is -2.31. The Morgan fingerprint density at radius 1 is 1.06 bits per heavy atom. The van der Waals surface area contributed by atoms with Gasteiger partial charge in [-0.25, -0.2) is 0 Å². The molecule has 3 rings (SSSR count). The molecule has 1 aliphatic carbocycles. The van der Waals surface area contributed by atoms with Gasteiger partial charge in [0.15, 0.2) is 5.78 Å². The van der Waals surface area contributed by atoms with Crippen molar-refractivity contribution in [3.63, 3.8) is 0 Å². The highest BCUT2D eigenvalue weighted by Gasteiger charge is 2.36. The van der Waals surface area contributed by atoms with Gasteiger partial charge in [0, 0.05) is 11.5 Å². The summed E-state index contributed by atoms with van der Waals surface area (Å²) in [6.45, 7) is 11.6. The average Bonchev–Trinajstić information content (AvgIpc) is 2.78. The quantitative estimate of drug-likeness (QED) is 0.271. The Morgan fingerprint density at radius 3 is 2.20 bits per heavy atom. The summed E-state index contributed by atoms with van der Waals surface area (Å²) in [6, 6.07) is 8.19. The normalized spacial score (nSPS) is 20.4. The maximum Gasteiger partial charge on any atom is 0.295 e. The van der Waals surface area contributed by atoms with Gasteiger partial charge in [-0.1, -0.05) is 74.8 Å². The first-order valence-corrected chi connectivity index (χ1v) is 14.6. The molecule has 0 fully saturated rings. The Balaban J connectivity index is 2.61. The second kappa shape index (κ2) is 10.3. The fourth-order valence-electron chi connectivity index (χ4n) is 4.47. The molecule has 188 valence electrons. The van der Waals surface area contributed by atoms with Crippen LogP contribution in [0.1, 0.15) is 62.8 Å². The van der Waals surface area contributed by atoms with Crippen LogP contribution in [0.2, 0.25) is 0 Å². The zero-order valence-electron chi connectivity index (χ0n) is 20.6. The van der Waals surface area contributed by atoms with E-state index in [0.717, 1.165) is 5.57 Å². The van der Waals surface area contributed by atoms with Gasteiger partial charge in [0.2, 0.25) is 0 Å². The van der Waals surface area contributed by atoms with Gasteiger partial charge in [-0.15, -0.1) is 0 Å². The van der Waals surface area contributed by atoms with Gasteiger partial charge in [0.1, 0.15) is 10.6 Å². The third-order valence-electron chi connectivity index (χ3n) is 6.53. The molecule has 0 saturated carbocycles. The molecule has 0 unspecified atom stereocenters. The summed E-state index contributed by atoms with van der Waals surface area (Å²) >= 11 is 7.11. The molecule has 0 heterocycles. The van der Waals surface area contributed by atoms with E-state index in [2.05, 4.69) is 31.9 Å². The molecule has 0 saturated heterocycles. The van der Waals surface area contributed by atoms with Crippen molar-refractivity contribution in [1.29, 1.82) is 0 Å². The molecule has 0 amide bonds. The summed E-state index contributed by atoms with van der Waals surface area (Å²) in [5.74, 6) is -0.196. The molecule has 0 bridgehead atoms. The average molecular weight is 626 g/mol. The fourth-order valence-corrected chi connectivity index (χ4v) is 6.16. The number of benzene rings is 2. The van der Waals surface area contributed by atoms with Crippen molar-refractivity contribution in [3.05, 3.63) is 74.3 Å². The van der Waals surface area contributed by atoms with Gasteiger partial charge >= 0.3 is 0 Å². The molecular formula is C27H30Br2O5S. The Bertz CT molecular complexity index is 1350. The fraction of sp³-hybridized carbons (Fsp3) is 0.370. The highest BCUT2D eigenvalue weighted by Crippen LogP contribution is 2.46. The maximum absolute atomic E-state index is 13.0. The van der Waals surface area contributed by atoms with Crippen molar-refractivity contribution in [2.45, 2.75) is 57.2 Å². The third kappa shape index (κ3) is 5.22. The van der Waals surface area contributed by atoms with Gasteiger partial charge in [0.25, 0.3) is 10.1 Å². The van der Waals surface area contributed by atoms with Crippen molar-refractivity contribution in [2.24, 2.45) is 11.8 Å². The highest BCUT2D eigenvalue weighted by atomic mass is 79.9. The lowest BCUT2D eigenvalue weighted by Crippen LogP contribution is -2.31. The van der Waals surface area contributed by atoms with Crippen LogP contribution < -0.4 is 0 Å². The molecule has 0 radical (unpaired) electrons. The summed E-state index contributed by atoms with van der Waals surface area (Å²) in [4.78, 5) is 12.3.